The Kier molecular flexibility index (Phi) is 6.07. The van der Waals surface area contributed by atoms with Crippen molar-refractivity contribution in [1.82, 2.24) is 0 Å². The largest absolute Gasteiger partial charge is 0.506 e. The van der Waals surface area contributed by atoms with Crippen molar-refractivity contribution in [2.45, 2.75) is 20.8 Å². The summed E-state index contributed by atoms with van der Waals surface area (Å²) in [5.41, 5.74) is 8.80. The number of aliphatic imine (C=N–C) groups is 1. The molecule has 2 rings (SSSR count). The molecule has 4 heteroatoms. The van der Waals surface area contributed by atoms with E-state index in [0.717, 1.165) is 16.9 Å². The minimum atomic E-state index is 0.0371. The monoisotopic (exact) mass is 290 g/mol. The lowest BCUT2D eigenvalue weighted by Gasteiger charge is -2.02. The fourth-order valence-corrected chi connectivity index (χ4v) is 1.70. The molecular weight excluding hydrogens is 272 g/mol. The summed E-state index contributed by atoms with van der Waals surface area (Å²) >= 11 is 5.81. The lowest BCUT2D eigenvalue weighted by atomic mass is 10.2. The first-order chi connectivity index (χ1) is 9.58. The van der Waals surface area contributed by atoms with Crippen LogP contribution in [-0.4, -0.2) is 11.3 Å². The standard InChI is InChI=1S/C14H13ClN2O.C2H6/c1-9-7-11(5-6-13(9)16)17-8-10-3-2-4-12(15)14(10)18;1-2/h2-8,18H,16H2,1H3;1-2H3. The Labute approximate surface area is 124 Å². The van der Waals surface area contributed by atoms with Crippen molar-refractivity contribution in [2.24, 2.45) is 4.99 Å². The highest BCUT2D eigenvalue weighted by molar-refractivity contribution is 6.32. The van der Waals surface area contributed by atoms with E-state index in [2.05, 4.69) is 4.99 Å². The highest BCUT2D eigenvalue weighted by Crippen LogP contribution is 2.26. The fourth-order valence-electron chi connectivity index (χ4n) is 1.52. The van der Waals surface area contributed by atoms with Gasteiger partial charge in [0.2, 0.25) is 0 Å². The number of hydrogen-bond donors (Lipinski definition) is 2. The fraction of sp³-hybridized carbons (Fsp3) is 0.188. The SMILES string of the molecule is CC.Cc1cc(N=Cc2cccc(Cl)c2O)ccc1N. The number of para-hydroxylation sites is 1. The van der Waals surface area contributed by atoms with E-state index in [-0.39, 0.29) is 5.75 Å². The molecule has 0 aliphatic carbocycles. The lowest BCUT2D eigenvalue weighted by Crippen LogP contribution is -1.88. The first-order valence-corrected chi connectivity index (χ1v) is 6.83. The van der Waals surface area contributed by atoms with Crippen LogP contribution in [0.15, 0.2) is 41.4 Å². The average Bonchev–Trinajstić information content (AvgIpc) is 2.46. The maximum Gasteiger partial charge on any atom is 0.142 e. The van der Waals surface area contributed by atoms with Gasteiger partial charge in [-0.05, 0) is 42.8 Å². The summed E-state index contributed by atoms with van der Waals surface area (Å²) in [4.78, 5) is 4.28. The van der Waals surface area contributed by atoms with E-state index < -0.39 is 0 Å². The topological polar surface area (TPSA) is 58.6 Å². The smallest absolute Gasteiger partial charge is 0.142 e. The minimum absolute atomic E-state index is 0.0371. The van der Waals surface area contributed by atoms with Crippen molar-refractivity contribution in [3.8, 4) is 5.75 Å². The molecule has 0 saturated carbocycles. The van der Waals surface area contributed by atoms with E-state index >= 15 is 0 Å². The third-order valence-electron chi connectivity index (χ3n) is 2.62. The van der Waals surface area contributed by atoms with E-state index in [1.54, 1.807) is 30.5 Å². The molecular formula is C16H19ClN2O. The number of phenolic OH excluding ortho intramolecular Hbond substituents is 1. The van der Waals surface area contributed by atoms with Crippen molar-refractivity contribution in [3.63, 3.8) is 0 Å². The normalized spacial score (nSPS) is 10.2. The van der Waals surface area contributed by atoms with Crippen molar-refractivity contribution < 1.29 is 5.11 Å². The maximum absolute atomic E-state index is 9.73. The Balaban J connectivity index is 0.000000956. The third kappa shape index (κ3) is 4.00. The highest BCUT2D eigenvalue weighted by atomic mass is 35.5. The van der Waals surface area contributed by atoms with Gasteiger partial charge in [-0.2, -0.15) is 0 Å². The van der Waals surface area contributed by atoms with Crippen molar-refractivity contribution in [3.05, 3.63) is 52.5 Å². The van der Waals surface area contributed by atoms with Gasteiger partial charge in [-0.1, -0.05) is 31.5 Å². The number of aryl methyl sites for hydroxylation is 1. The molecule has 3 nitrogen and oxygen atoms in total. The molecule has 0 fully saturated rings. The molecule has 0 saturated heterocycles. The molecule has 3 N–H and O–H groups in total. The van der Waals surface area contributed by atoms with Crippen LogP contribution in [0.4, 0.5) is 11.4 Å². The van der Waals surface area contributed by atoms with Crippen LogP contribution >= 0.6 is 11.6 Å². The molecule has 0 spiro atoms. The second-order valence-electron chi connectivity index (χ2n) is 3.98. The molecule has 0 bridgehead atoms. The molecule has 0 aliphatic rings. The molecule has 0 atom stereocenters. The molecule has 2 aromatic rings. The molecule has 106 valence electrons. The van der Waals surface area contributed by atoms with Crippen molar-refractivity contribution in [1.29, 1.82) is 0 Å². The summed E-state index contributed by atoms with van der Waals surface area (Å²) in [6.07, 6.45) is 1.58. The first kappa shape index (κ1) is 16.1. The van der Waals surface area contributed by atoms with Gasteiger partial charge in [0.15, 0.2) is 0 Å². The molecule has 0 unspecified atom stereocenters. The molecule has 2 aromatic carbocycles. The number of benzene rings is 2. The summed E-state index contributed by atoms with van der Waals surface area (Å²) < 4.78 is 0. The molecule has 20 heavy (non-hydrogen) atoms. The van der Waals surface area contributed by atoms with Gasteiger partial charge < -0.3 is 10.8 Å². The van der Waals surface area contributed by atoms with Crippen LogP contribution in [0, 0.1) is 6.92 Å². The summed E-state index contributed by atoms with van der Waals surface area (Å²) in [6, 6.07) is 10.6. The number of halogens is 1. The number of nitrogens with two attached hydrogens (primary N) is 1. The highest BCUT2D eigenvalue weighted by Gasteiger charge is 2.02. The summed E-state index contributed by atoms with van der Waals surface area (Å²) in [7, 11) is 0. The van der Waals surface area contributed by atoms with Gasteiger partial charge in [0.05, 0.1) is 10.7 Å². The Morgan fingerprint density at radius 2 is 1.90 bits per heavy atom. The van der Waals surface area contributed by atoms with Crippen LogP contribution in [0.2, 0.25) is 5.02 Å². The predicted octanol–water partition coefficient (Wildman–Crippen LogP) is 4.71. The average molecular weight is 291 g/mol. The number of hydrogen-bond acceptors (Lipinski definition) is 3. The number of nitrogens with zero attached hydrogens (tertiary/aromatic N) is 1. The van der Waals surface area contributed by atoms with Gasteiger partial charge >= 0.3 is 0 Å². The van der Waals surface area contributed by atoms with Gasteiger partial charge in [0, 0.05) is 17.5 Å². The van der Waals surface area contributed by atoms with Crippen LogP contribution in [0.25, 0.3) is 0 Å². The van der Waals surface area contributed by atoms with E-state index in [1.807, 2.05) is 32.9 Å². The Morgan fingerprint density at radius 1 is 1.20 bits per heavy atom. The lowest BCUT2D eigenvalue weighted by molar-refractivity contribution is 0.475. The molecule has 0 heterocycles. The van der Waals surface area contributed by atoms with Crippen LogP contribution in [0.1, 0.15) is 25.0 Å². The van der Waals surface area contributed by atoms with Crippen molar-refractivity contribution in [2.75, 3.05) is 5.73 Å². The van der Waals surface area contributed by atoms with Crippen LogP contribution in [-0.2, 0) is 0 Å². The van der Waals surface area contributed by atoms with Crippen LogP contribution < -0.4 is 5.73 Å². The zero-order chi connectivity index (χ0) is 15.1. The van der Waals surface area contributed by atoms with Gasteiger partial charge in [-0.15, -0.1) is 0 Å². The van der Waals surface area contributed by atoms with E-state index in [4.69, 9.17) is 17.3 Å². The maximum atomic E-state index is 9.73. The Hall–Kier alpha value is -2.00. The van der Waals surface area contributed by atoms with Gasteiger partial charge in [0.25, 0.3) is 0 Å². The summed E-state index contributed by atoms with van der Waals surface area (Å²) in [6.45, 7) is 5.92. The molecule has 0 aromatic heterocycles. The molecule has 0 aliphatic heterocycles. The van der Waals surface area contributed by atoms with Gasteiger partial charge in [-0.25, -0.2) is 0 Å². The van der Waals surface area contributed by atoms with Crippen LogP contribution in [0.5, 0.6) is 5.75 Å². The number of phenols is 1. The summed E-state index contributed by atoms with van der Waals surface area (Å²) in [5.74, 6) is 0.0371. The Morgan fingerprint density at radius 3 is 2.55 bits per heavy atom. The van der Waals surface area contributed by atoms with E-state index in [9.17, 15) is 5.11 Å². The second-order valence-corrected chi connectivity index (χ2v) is 4.38. The number of rotatable bonds is 2. The number of aromatic hydroxyl groups is 1. The zero-order valence-corrected chi connectivity index (χ0v) is 12.6. The van der Waals surface area contributed by atoms with E-state index in [1.165, 1.54) is 0 Å². The minimum Gasteiger partial charge on any atom is -0.506 e. The summed E-state index contributed by atoms with van der Waals surface area (Å²) in [5, 5.41) is 10.0. The zero-order valence-electron chi connectivity index (χ0n) is 11.9. The van der Waals surface area contributed by atoms with Crippen molar-refractivity contribution >= 4 is 29.2 Å². The van der Waals surface area contributed by atoms with E-state index in [0.29, 0.717) is 10.6 Å². The Bertz CT molecular complexity index is 609. The molecule has 0 amide bonds. The number of anilines is 1. The first-order valence-electron chi connectivity index (χ1n) is 6.45. The van der Waals surface area contributed by atoms with Gasteiger partial charge in [-0.3, -0.25) is 4.99 Å². The second kappa shape index (κ2) is 7.56. The predicted molar refractivity (Wildman–Crippen MR) is 87.3 cm³/mol. The number of nitrogen functional groups attached to an aromatic ring is 1. The van der Waals surface area contributed by atoms with Gasteiger partial charge in [0.1, 0.15) is 5.75 Å². The quantitative estimate of drug-likeness (QED) is 0.621. The van der Waals surface area contributed by atoms with Crippen LogP contribution in [0.3, 0.4) is 0 Å². The molecule has 0 radical (unpaired) electrons. The third-order valence-corrected chi connectivity index (χ3v) is 2.93.